The van der Waals surface area contributed by atoms with Crippen molar-refractivity contribution in [2.45, 2.75) is 27.3 Å². The molecule has 0 aliphatic rings. The van der Waals surface area contributed by atoms with Crippen molar-refractivity contribution in [3.05, 3.63) is 42.7 Å². The smallest absolute Gasteiger partial charge is 0.249 e. The normalized spacial score (nSPS) is 11.3. The zero-order valence-electron chi connectivity index (χ0n) is 13.4. The Labute approximate surface area is 133 Å². The van der Waals surface area contributed by atoms with Crippen molar-refractivity contribution in [1.29, 1.82) is 0 Å². The highest BCUT2D eigenvalue weighted by Crippen LogP contribution is 2.20. The summed E-state index contributed by atoms with van der Waals surface area (Å²) in [5.41, 5.74) is -0.111. The molecule has 1 aromatic heterocycles. The lowest BCUT2D eigenvalue weighted by atomic mass is 9.90. The molecule has 1 amide bonds. The quantitative estimate of drug-likeness (QED) is 0.846. The average molecular weight is 318 g/mol. The van der Waals surface area contributed by atoms with E-state index in [0.717, 1.165) is 0 Å². The van der Waals surface area contributed by atoms with Crippen LogP contribution in [-0.2, 0) is 16.1 Å². The van der Waals surface area contributed by atoms with Crippen LogP contribution in [0.4, 0.5) is 10.1 Å². The minimum absolute atomic E-state index is 0.0468. The van der Waals surface area contributed by atoms with Crippen LogP contribution in [-0.4, -0.2) is 33.0 Å². The molecule has 2 aromatic rings. The van der Waals surface area contributed by atoms with Crippen molar-refractivity contribution >= 4 is 17.4 Å². The topological polar surface area (TPSA) is 68.1 Å². The fraction of sp³-hybridized carbons (Fsp3) is 0.375. The van der Waals surface area contributed by atoms with Gasteiger partial charge < -0.3 is 4.90 Å². The molecular formula is C16H19FN4O2. The van der Waals surface area contributed by atoms with E-state index in [1.54, 1.807) is 20.8 Å². The molecule has 0 saturated heterocycles. The summed E-state index contributed by atoms with van der Waals surface area (Å²) in [6, 6.07) is 5.47. The van der Waals surface area contributed by atoms with Gasteiger partial charge in [-0.05, 0) is 24.3 Å². The summed E-state index contributed by atoms with van der Waals surface area (Å²) in [7, 11) is 0. The fourth-order valence-corrected chi connectivity index (χ4v) is 1.86. The van der Waals surface area contributed by atoms with Gasteiger partial charge in [-0.25, -0.2) is 14.1 Å². The summed E-state index contributed by atoms with van der Waals surface area (Å²) >= 11 is 0. The van der Waals surface area contributed by atoms with Gasteiger partial charge in [0.05, 0.1) is 6.54 Å². The molecule has 0 aliphatic heterocycles. The van der Waals surface area contributed by atoms with Crippen LogP contribution in [0.1, 0.15) is 20.8 Å². The van der Waals surface area contributed by atoms with Gasteiger partial charge in [0.1, 0.15) is 25.0 Å². The van der Waals surface area contributed by atoms with Gasteiger partial charge in [-0.3, -0.25) is 9.59 Å². The number of halogens is 1. The van der Waals surface area contributed by atoms with E-state index in [2.05, 4.69) is 10.1 Å². The van der Waals surface area contributed by atoms with E-state index >= 15 is 0 Å². The average Bonchev–Trinajstić information content (AvgIpc) is 2.97. The van der Waals surface area contributed by atoms with Gasteiger partial charge >= 0.3 is 0 Å². The van der Waals surface area contributed by atoms with Gasteiger partial charge in [-0.1, -0.05) is 20.8 Å². The van der Waals surface area contributed by atoms with Crippen molar-refractivity contribution in [2.24, 2.45) is 5.41 Å². The number of carbonyl (C=O) groups excluding carboxylic acids is 2. The first kappa shape index (κ1) is 16.8. The number of anilines is 1. The Morgan fingerprint density at radius 2 is 1.87 bits per heavy atom. The van der Waals surface area contributed by atoms with Crippen LogP contribution in [0.5, 0.6) is 0 Å². The molecule has 6 nitrogen and oxygen atoms in total. The Morgan fingerprint density at radius 3 is 2.39 bits per heavy atom. The predicted molar refractivity (Wildman–Crippen MR) is 83.2 cm³/mol. The number of hydrogen-bond acceptors (Lipinski definition) is 4. The molecule has 0 saturated carbocycles. The summed E-state index contributed by atoms with van der Waals surface area (Å²) in [4.78, 5) is 30.0. The number of ketones is 1. The van der Waals surface area contributed by atoms with E-state index in [9.17, 15) is 14.0 Å². The van der Waals surface area contributed by atoms with Gasteiger partial charge in [0.15, 0.2) is 5.78 Å². The van der Waals surface area contributed by atoms with Crippen molar-refractivity contribution < 1.29 is 14.0 Å². The Bertz CT molecular complexity index is 675. The summed E-state index contributed by atoms with van der Waals surface area (Å²) in [5.74, 6) is -0.812. The maximum atomic E-state index is 13.1. The second kappa shape index (κ2) is 6.68. The lowest BCUT2D eigenvalue weighted by molar-refractivity contribution is -0.127. The monoisotopic (exact) mass is 318 g/mol. The standard InChI is InChI=1S/C16H19FN4O2/c1-16(2,3)14(22)8-21(13-6-4-12(17)5-7-13)15(23)9-20-11-18-10-19-20/h4-7,10-11H,8-9H2,1-3H3. The Balaban J connectivity index is 2.25. The van der Waals surface area contributed by atoms with E-state index in [1.807, 2.05) is 0 Å². The van der Waals surface area contributed by atoms with Crippen LogP contribution in [0.15, 0.2) is 36.9 Å². The van der Waals surface area contributed by atoms with E-state index in [4.69, 9.17) is 0 Å². The fourth-order valence-electron chi connectivity index (χ4n) is 1.86. The van der Waals surface area contributed by atoms with Crippen molar-refractivity contribution in [3.8, 4) is 0 Å². The maximum Gasteiger partial charge on any atom is 0.249 e. The van der Waals surface area contributed by atoms with Crippen LogP contribution < -0.4 is 4.90 Å². The third kappa shape index (κ3) is 4.45. The Morgan fingerprint density at radius 1 is 1.22 bits per heavy atom. The molecule has 0 unspecified atom stereocenters. The largest absolute Gasteiger partial charge is 0.303 e. The molecule has 0 spiro atoms. The molecule has 122 valence electrons. The summed E-state index contributed by atoms with van der Waals surface area (Å²) in [6.45, 7) is 5.25. The van der Waals surface area contributed by atoms with Crippen LogP contribution in [0.3, 0.4) is 0 Å². The highest BCUT2D eigenvalue weighted by atomic mass is 19.1. The molecule has 1 heterocycles. The number of aromatic nitrogens is 3. The van der Waals surface area contributed by atoms with Gasteiger partial charge in [0.25, 0.3) is 0 Å². The highest BCUT2D eigenvalue weighted by molar-refractivity contribution is 6.00. The second-order valence-electron chi connectivity index (χ2n) is 6.22. The summed E-state index contributed by atoms with van der Waals surface area (Å²) < 4.78 is 14.5. The predicted octanol–water partition coefficient (Wildman–Crippen LogP) is 2.07. The number of rotatable bonds is 5. The maximum absolute atomic E-state index is 13.1. The van der Waals surface area contributed by atoms with Crippen molar-refractivity contribution in [1.82, 2.24) is 14.8 Å². The number of nitrogens with zero attached hydrogens (tertiary/aromatic N) is 4. The molecule has 2 rings (SSSR count). The van der Waals surface area contributed by atoms with Gasteiger partial charge in [0.2, 0.25) is 5.91 Å². The Kier molecular flexibility index (Phi) is 4.88. The summed E-state index contributed by atoms with van der Waals surface area (Å²) in [6.07, 6.45) is 2.75. The molecule has 0 radical (unpaired) electrons. The van der Waals surface area contributed by atoms with Gasteiger partial charge in [-0.15, -0.1) is 0 Å². The van der Waals surface area contributed by atoms with Crippen LogP contribution in [0.2, 0.25) is 0 Å². The second-order valence-corrected chi connectivity index (χ2v) is 6.22. The van der Waals surface area contributed by atoms with Crippen LogP contribution in [0.25, 0.3) is 0 Å². The molecule has 0 fully saturated rings. The number of hydrogen-bond donors (Lipinski definition) is 0. The van der Waals surface area contributed by atoms with Crippen molar-refractivity contribution in [3.63, 3.8) is 0 Å². The molecular weight excluding hydrogens is 299 g/mol. The molecule has 0 atom stereocenters. The molecule has 1 aromatic carbocycles. The first-order valence-corrected chi connectivity index (χ1v) is 7.19. The van der Waals surface area contributed by atoms with Crippen molar-refractivity contribution in [2.75, 3.05) is 11.4 Å². The number of carbonyl (C=O) groups is 2. The minimum atomic E-state index is -0.578. The summed E-state index contributed by atoms with van der Waals surface area (Å²) in [5, 5.41) is 3.89. The van der Waals surface area contributed by atoms with E-state index < -0.39 is 11.2 Å². The molecule has 0 N–H and O–H groups in total. The lowest BCUT2D eigenvalue weighted by Gasteiger charge is -2.26. The van der Waals surface area contributed by atoms with Gasteiger partial charge in [0, 0.05) is 11.1 Å². The Hall–Kier alpha value is -2.57. The molecule has 0 aliphatic carbocycles. The minimum Gasteiger partial charge on any atom is -0.303 e. The van der Waals surface area contributed by atoms with Gasteiger partial charge in [-0.2, -0.15) is 5.10 Å². The SMILES string of the molecule is CC(C)(C)C(=O)CN(C(=O)Cn1cncn1)c1ccc(F)cc1. The number of Topliss-reactive ketones (excluding diaryl/α,β-unsaturated/α-hetero) is 1. The van der Waals surface area contributed by atoms with Crippen LogP contribution in [0, 0.1) is 11.2 Å². The first-order chi connectivity index (χ1) is 10.8. The third-order valence-corrected chi connectivity index (χ3v) is 3.34. The third-order valence-electron chi connectivity index (χ3n) is 3.34. The first-order valence-electron chi connectivity index (χ1n) is 7.19. The zero-order valence-corrected chi connectivity index (χ0v) is 13.4. The van der Waals surface area contributed by atoms with E-state index in [1.165, 1.54) is 46.5 Å². The number of amides is 1. The van der Waals surface area contributed by atoms with E-state index in [0.29, 0.717) is 5.69 Å². The van der Waals surface area contributed by atoms with E-state index in [-0.39, 0.29) is 24.8 Å². The molecule has 0 bridgehead atoms. The highest BCUT2D eigenvalue weighted by Gasteiger charge is 2.27. The van der Waals surface area contributed by atoms with Crippen LogP contribution >= 0.6 is 0 Å². The zero-order chi connectivity index (χ0) is 17.0. The molecule has 7 heteroatoms. The number of benzene rings is 1. The lowest BCUT2D eigenvalue weighted by Crippen LogP contribution is -2.41. The molecule has 23 heavy (non-hydrogen) atoms.